The average Bonchev–Trinajstić information content (AvgIpc) is 2.52. The molecule has 84 valence electrons. The zero-order valence-corrected chi connectivity index (χ0v) is 8.84. The molecule has 1 rings (SSSR count). The van der Waals surface area contributed by atoms with E-state index in [2.05, 4.69) is 32.7 Å². The largest absolute Gasteiger partial charge is 0.255 e. The molecule has 0 saturated heterocycles. The molecule has 0 aliphatic rings. The van der Waals surface area contributed by atoms with Crippen molar-refractivity contribution in [2.45, 2.75) is 21.3 Å². The van der Waals surface area contributed by atoms with Gasteiger partial charge in [-0.25, -0.2) is 0 Å². The Bertz CT molecular complexity index is 299. The van der Waals surface area contributed by atoms with Gasteiger partial charge in [0.1, 0.15) is 0 Å². The van der Waals surface area contributed by atoms with E-state index in [0.29, 0.717) is 0 Å². The first-order valence-electron chi connectivity index (χ1n) is 3.75. The molecule has 6 nitrogen and oxygen atoms in total. The molecule has 1 aromatic rings. The molecule has 0 N–H and O–H groups in total. The predicted molar refractivity (Wildman–Crippen MR) is 62.0 cm³/mol. The highest BCUT2D eigenvalue weighted by Gasteiger charge is 1.83. The van der Waals surface area contributed by atoms with E-state index in [1.807, 2.05) is 20.2 Å². The SMILES string of the molecule is C.C#CC.CN=[N+]=[N-].Cc1cn(C)nn1. The van der Waals surface area contributed by atoms with Gasteiger partial charge < -0.3 is 0 Å². The molecule has 0 atom stereocenters. The van der Waals surface area contributed by atoms with Crippen LogP contribution in [0.4, 0.5) is 0 Å². The van der Waals surface area contributed by atoms with Crippen LogP contribution in [0.5, 0.6) is 0 Å². The first kappa shape index (κ1) is 18.7. The summed E-state index contributed by atoms with van der Waals surface area (Å²) in [5.74, 6) is 2.25. The van der Waals surface area contributed by atoms with E-state index >= 15 is 0 Å². The summed E-state index contributed by atoms with van der Waals surface area (Å²) in [7, 11) is 3.24. The van der Waals surface area contributed by atoms with Crippen LogP contribution in [0.15, 0.2) is 11.3 Å². The van der Waals surface area contributed by atoms with Crippen LogP contribution in [0.3, 0.4) is 0 Å². The number of azide groups is 1. The Hall–Kier alpha value is -1.99. The third kappa shape index (κ3) is 18.8. The average molecular weight is 210 g/mol. The van der Waals surface area contributed by atoms with Gasteiger partial charge in [0.15, 0.2) is 0 Å². The van der Waals surface area contributed by atoms with Crippen molar-refractivity contribution in [2.24, 2.45) is 12.2 Å². The van der Waals surface area contributed by atoms with Gasteiger partial charge in [0.2, 0.25) is 0 Å². The molecule has 15 heavy (non-hydrogen) atoms. The van der Waals surface area contributed by atoms with Crippen molar-refractivity contribution in [3.63, 3.8) is 0 Å². The summed E-state index contributed by atoms with van der Waals surface area (Å²) in [5, 5.41) is 10.3. The number of rotatable bonds is 0. The van der Waals surface area contributed by atoms with Crippen molar-refractivity contribution in [1.82, 2.24) is 15.0 Å². The fourth-order valence-corrected chi connectivity index (χ4v) is 0.463. The van der Waals surface area contributed by atoms with E-state index in [4.69, 9.17) is 5.53 Å². The summed E-state index contributed by atoms with van der Waals surface area (Å²) >= 11 is 0. The van der Waals surface area contributed by atoms with Gasteiger partial charge >= 0.3 is 0 Å². The van der Waals surface area contributed by atoms with Gasteiger partial charge in [0.05, 0.1) is 5.69 Å². The minimum atomic E-state index is 0. The fourth-order valence-electron chi connectivity index (χ4n) is 0.463. The van der Waals surface area contributed by atoms with Crippen molar-refractivity contribution in [1.29, 1.82) is 0 Å². The van der Waals surface area contributed by atoms with Crippen molar-refractivity contribution in [3.8, 4) is 12.3 Å². The summed E-state index contributed by atoms with van der Waals surface area (Å²) < 4.78 is 1.68. The lowest BCUT2D eigenvalue weighted by Crippen LogP contribution is -1.85. The van der Waals surface area contributed by atoms with E-state index in [0.717, 1.165) is 5.69 Å². The Morgan fingerprint density at radius 2 is 2.07 bits per heavy atom. The molecule has 0 bridgehead atoms. The van der Waals surface area contributed by atoms with E-state index in [-0.39, 0.29) is 7.43 Å². The van der Waals surface area contributed by atoms with E-state index < -0.39 is 0 Å². The number of hydrogen-bond donors (Lipinski definition) is 0. The summed E-state index contributed by atoms with van der Waals surface area (Å²) in [6.07, 6.45) is 6.46. The number of terminal acetylenes is 1. The van der Waals surface area contributed by atoms with Gasteiger partial charge in [-0.15, -0.1) is 17.4 Å². The predicted octanol–water partition coefficient (Wildman–Crippen LogP) is 2.33. The van der Waals surface area contributed by atoms with Crippen LogP contribution in [0.1, 0.15) is 20.0 Å². The third-order valence-corrected chi connectivity index (χ3v) is 0.807. The molecule has 0 aliphatic heterocycles. The van der Waals surface area contributed by atoms with E-state index in [9.17, 15) is 0 Å². The topological polar surface area (TPSA) is 79.5 Å². The van der Waals surface area contributed by atoms with Crippen molar-refractivity contribution in [2.75, 3.05) is 7.05 Å². The van der Waals surface area contributed by atoms with Crippen molar-refractivity contribution >= 4 is 0 Å². The smallest absolute Gasteiger partial charge is 0.0796 e. The number of nitrogens with zero attached hydrogens (tertiary/aromatic N) is 6. The molecular formula is C9H18N6. The Labute approximate surface area is 90.9 Å². The minimum absolute atomic E-state index is 0. The lowest BCUT2D eigenvalue weighted by molar-refractivity contribution is 0.714. The molecule has 0 radical (unpaired) electrons. The Morgan fingerprint density at radius 3 is 2.13 bits per heavy atom. The van der Waals surface area contributed by atoms with Crippen LogP contribution in [0.2, 0.25) is 0 Å². The monoisotopic (exact) mass is 210 g/mol. The van der Waals surface area contributed by atoms with Crippen LogP contribution in [0, 0.1) is 19.3 Å². The normalized spacial score (nSPS) is 6.07. The quantitative estimate of drug-likeness (QED) is 0.285. The molecule has 0 fully saturated rings. The maximum Gasteiger partial charge on any atom is 0.0796 e. The minimum Gasteiger partial charge on any atom is -0.255 e. The first-order chi connectivity index (χ1) is 6.62. The zero-order valence-electron chi connectivity index (χ0n) is 8.84. The van der Waals surface area contributed by atoms with Crippen molar-refractivity contribution in [3.05, 3.63) is 22.3 Å². The molecule has 0 spiro atoms. The molecule has 1 aromatic heterocycles. The van der Waals surface area contributed by atoms with Gasteiger partial charge in [-0.2, -0.15) is 0 Å². The molecule has 1 heterocycles. The summed E-state index contributed by atoms with van der Waals surface area (Å²) in [6.45, 7) is 3.56. The Balaban J connectivity index is -0.000000158. The molecule has 0 saturated carbocycles. The summed E-state index contributed by atoms with van der Waals surface area (Å²) in [6, 6.07) is 0. The lowest BCUT2D eigenvalue weighted by atomic mass is 10.6. The highest BCUT2D eigenvalue weighted by atomic mass is 15.4. The standard InChI is InChI=1S/C4H7N3.C3H4.CH3N3.CH4/c1-4-3-7(2)6-5-4;1-3-2;1-3-4-2;/h3H,1-2H3;1H,2H3;1H3;1H4. The summed E-state index contributed by atoms with van der Waals surface area (Å²) in [4.78, 5) is 2.36. The maximum atomic E-state index is 7.33. The van der Waals surface area contributed by atoms with Crippen LogP contribution in [0.25, 0.3) is 10.4 Å². The zero-order chi connectivity index (χ0) is 11.4. The number of hydrogen-bond acceptors (Lipinski definition) is 3. The third-order valence-electron chi connectivity index (χ3n) is 0.807. The second kappa shape index (κ2) is 14.5. The van der Waals surface area contributed by atoms with Gasteiger partial charge in [-0.05, 0) is 19.4 Å². The first-order valence-corrected chi connectivity index (χ1v) is 3.75. The molecule has 0 aromatic carbocycles. The van der Waals surface area contributed by atoms with Crippen LogP contribution < -0.4 is 0 Å². The highest BCUT2D eigenvalue weighted by molar-refractivity contribution is 4.85. The molecule has 0 unspecified atom stereocenters. The van der Waals surface area contributed by atoms with Gasteiger partial charge in [0.25, 0.3) is 0 Å². The molecular weight excluding hydrogens is 192 g/mol. The van der Waals surface area contributed by atoms with Crippen molar-refractivity contribution < 1.29 is 0 Å². The number of aromatic nitrogens is 3. The van der Waals surface area contributed by atoms with Crippen LogP contribution >= 0.6 is 0 Å². The van der Waals surface area contributed by atoms with E-state index in [1.165, 1.54) is 7.05 Å². The van der Waals surface area contributed by atoms with Crippen LogP contribution in [-0.4, -0.2) is 22.0 Å². The lowest BCUT2D eigenvalue weighted by Gasteiger charge is -1.75. The second-order valence-corrected chi connectivity index (χ2v) is 2.11. The Morgan fingerprint density at radius 1 is 1.67 bits per heavy atom. The van der Waals surface area contributed by atoms with Gasteiger partial charge in [0, 0.05) is 25.2 Å². The highest BCUT2D eigenvalue weighted by Crippen LogP contribution is 1.82. The molecule has 0 amide bonds. The fraction of sp³-hybridized carbons (Fsp3) is 0.556. The number of aryl methyl sites for hydroxylation is 2. The van der Waals surface area contributed by atoms with Gasteiger partial charge in [-0.3, -0.25) is 4.68 Å². The van der Waals surface area contributed by atoms with E-state index in [1.54, 1.807) is 11.6 Å². The molecule has 6 heteroatoms. The maximum absolute atomic E-state index is 7.33. The second-order valence-electron chi connectivity index (χ2n) is 2.11. The van der Waals surface area contributed by atoms with Crippen LogP contribution in [-0.2, 0) is 7.05 Å². The summed E-state index contributed by atoms with van der Waals surface area (Å²) in [5.41, 5.74) is 8.29. The molecule has 0 aliphatic carbocycles. The Kier molecular flexibility index (Phi) is 18.1. The van der Waals surface area contributed by atoms with Gasteiger partial charge in [-0.1, -0.05) is 17.8 Å².